The number of esters is 1. The van der Waals surface area contributed by atoms with Crippen LogP contribution in [0.5, 0.6) is 0 Å². The van der Waals surface area contributed by atoms with Crippen molar-refractivity contribution < 1.29 is 13.9 Å². The first-order valence-electron chi connectivity index (χ1n) is 7.29. The lowest BCUT2D eigenvalue weighted by atomic mass is 10.0. The van der Waals surface area contributed by atoms with Crippen LogP contribution < -0.4 is 5.32 Å². The summed E-state index contributed by atoms with van der Waals surface area (Å²) in [5.74, 6) is -0.800. The number of nitrogens with zero attached hydrogens (tertiary/aromatic N) is 1. The number of nitrogens with one attached hydrogen (secondary N) is 1. The molecule has 4 nitrogen and oxygen atoms in total. The van der Waals surface area contributed by atoms with Crippen LogP contribution in [-0.2, 0) is 16.1 Å². The van der Waals surface area contributed by atoms with Crippen molar-refractivity contribution in [1.82, 2.24) is 5.32 Å². The minimum atomic E-state index is -0.564. The second kappa shape index (κ2) is 7.37. The largest absolute Gasteiger partial charge is 0.459 e. The van der Waals surface area contributed by atoms with E-state index < -0.39 is 17.5 Å². The Morgan fingerprint density at radius 1 is 1.41 bits per heavy atom. The van der Waals surface area contributed by atoms with E-state index in [0.29, 0.717) is 5.56 Å². The highest BCUT2D eigenvalue weighted by atomic mass is 19.1. The van der Waals surface area contributed by atoms with E-state index in [1.165, 1.54) is 6.07 Å². The van der Waals surface area contributed by atoms with Crippen LogP contribution in [0, 0.1) is 23.1 Å². The average molecular weight is 306 g/mol. The van der Waals surface area contributed by atoms with E-state index in [1.807, 2.05) is 40.7 Å². The topological polar surface area (TPSA) is 62.1 Å². The van der Waals surface area contributed by atoms with Crippen LogP contribution >= 0.6 is 0 Å². The van der Waals surface area contributed by atoms with Crippen LogP contribution in [0.25, 0.3) is 0 Å². The van der Waals surface area contributed by atoms with Gasteiger partial charge < -0.3 is 4.74 Å². The van der Waals surface area contributed by atoms with Gasteiger partial charge in [0.15, 0.2) is 0 Å². The van der Waals surface area contributed by atoms with Crippen LogP contribution in [0.3, 0.4) is 0 Å². The summed E-state index contributed by atoms with van der Waals surface area (Å²) >= 11 is 0. The first-order valence-corrected chi connectivity index (χ1v) is 7.29. The molecule has 1 aromatic rings. The van der Waals surface area contributed by atoms with Crippen molar-refractivity contribution in [3.63, 3.8) is 0 Å². The average Bonchev–Trinajstić information content (AvgIpc) is 2.38. The first kappa shape index (κ1) is 18.1. The van der Waals surface area contributed by atoms with Crippen molar-refractivity contribution in [1.29, 1.82) is 5.26 Å². The van der Waals surface area contributed by atoms with E-state index in [0.717, 1.165) is 0 Å². The Morgan fingerprint density at radius 2 is 2.05 bits per heavy atom. The Kier molecular flexibility index (Phi) is 6.07. The van der Waals surface area contributed by atoms with Gasteiger partial charge in [0.25, 0.3) is 0 Å². The summed E-state index contributed by atoms with van der Waals surface area (Å²) in [6, 6.07) is 5.66. The van der Waals surface area contributed by atoms with Gasteiger partial charge >= 0.3 is 5.97 Å². The van der Waals surface area contributed by atoms with E-state index in [4.69, 9.17) is 10.00 Å². The van der Waals surface area contributed by atoms with Gasteiger partial charge in [0.05, 0.1) is 11.6 Å². The molecule has 0 bridgehead atoms. The van der Waals surface area contributed by atoms with Crippen LogP contribution in [0.4, 0.5) is 4.39 Å². The molecule has 0 aromatic heterocycles. The fourth-order valence-corrected chi connectivity index (χ4v) is 1.94. The minimum Gasteiger partial charge on any atom is -0.459 e. The van der Waals surface area contributed by atoms with Crippen LogP contribution in [-0.4, -0.2) is 17.6 Å². The van der Waals surface area contributed by atoms with E-state index in [9.17, 15) is 9.18 Å². The molecule has 22 heavy (non-hydrogen) atoms. The number of carbonyl (C=O) groups excluding carboxylic acids is 1. The number of benzene rings is 1. The second-order valence-electron chi connectivity index (χ2n) is 6.55. The van der Waals surface area contributed by atoms with Gasteiger partial charge in [-0.1, -0.05) is 19.9 Å². The Bertz CT molecular complexity index is 571. The molecular weight excluding hydrogens is 283 g/mol. The zero-order valence-electron chi connectivity index (χ0n) is 13.7. The first-order chi connectivity index (χ1) is 10.1. The van der Waals surface area contributed by atoms with Crippen LogP contribution in [0.2, 0.25) is 0 Å². The Labute approximate surface area is 131 Å². The molecule has 0 aliphatic carbocycles. The molecule has 0 saturated heterocycles. The van der Waals surface area contributed by atoms with Crippen LogP contribution in [0.1, 0.15) is 45.7 Å². The molecule has 0 fully saturated rings. The van der Waals surface area contributed by atoms with Crippen molar-refractivity contribution in [3.05, 3.63) is 35.1 Å². The molecule has 0 aliphatic rings. The molecule has 1 atom stereocenters. The normalized spacial score (nSPS) is 12.8. The van der Waals surface area contributed by atoms with Gasteiger partial charge in [0.2, 0.25) is 0 Å². The quantitative estimate of drug-likeness (QED) is 0.849. The SMILES string of the molecule is CC(C)[C@H](NCc1ccc(C#N)cc1F)C(=O)OC(C)(C)C. The number of halogens is 1. The number of hydrogen-bond donors (Lipinski definition) is 1. The van der Waals surface area contributed by atoms with Crippen LogP contribution in [0.15, 0.2) is 18.2 Å². The number of nitriles is 1. The number of hydrogen-bond acceptors (Lipinski definition) is 4. The lowest BCUT2D eigenvalue weighted by molar-refractivity contribution is -0.158. The number of ether oxygens (including phenoxy) is 1. The predicted octanol–water partition coefficient (Wildman–Crippen LogP) is 3.15. The standard InChI is InChI=1S/C17H23FN2O2/c1-11(2)15(16(21)22-17(3,4)5)20-10-13-7-6-12(9-19)8-14(13)18/h6-8,11,15,20H,10H2,1-5H3/t15-/m0/s1. The Morgan fingerprint density at radius 3 is 2.50 bits per heavy atom. The van der Waals surface area contributed by atoms with Gasteiger partial charge in [-0.25, -0.2) is 4.39 Å². The molecule has 5 heteroatoms. The molecular formula is C17H23FN2O2. The highest BCUT2D eigenvalue weighted by Gasteiger charge is 2.27. The van der Waals surface area contributed by atoms with Crippen molar-refractivity contribution in [2.45, 2.75) is 52.8 Å². The summed E-state index contributed by atoms with van der Waals surface area (Å²) < 4.78 is 19.2. The summed E-state index contributed by atoms with van der Waals surface area (Å²) in [4.78, 5) is 12.2. The zero-order valence-corrected chi connectivity index (χ0v) is 13.7. The van der Waals surface area contributed by atoms with E-state index >= 15 is 0 Å². The third-order valence-electron chi connectivity index (χ3n) is 3.02. The lowest BCUT2D eigenvalue weighted by Crippen LogP contribution is -2.44. The van der Waals surface area contributed by atoms with Gasteiger partial charge in [-0.15, -0.1) is 0 Å². The Hall–Kier alpha value is -1.93. The molecule has 1 rings (SSSR count). The predicted molar refractivity (Wildman–Crippen MR) is 82.4 cm³/mol. The van der Waals surface area contributed by atoms with Crippen molar-refractivity contribution in [2.75, 3.05) is 0 Å². The summed E-state index contributed by atoms with van der Waals surface area (Å²) in [6.45, 7) is 9.42. The highest BCUT2D eigenvalue weighted by Crippen LogP contribution is 2.14. The summed E-state index contributed by atoms with van der Waals surface area (Å²) in [6.07, 6.45) is 0. The second-order valence-corrected chi connectivity index (χ2v) is 6.55. The van der Waals surface area contributed by atoms with Crippen molar-refractivity contribution in [3.8, 4) is 6.07 Å². The smallest absolute Gasteiger partial charge is 0.323 e. The van der Waals surface area contributed by atoms with E-state index in [1.54, 1.807) is 12.1 Å². The highest BCUT2D eigenvalue weighted by molar-refractivity contribution is 5.76. The number of carbonyl (C=O) groups is 1. The summed E-state index contributed by atoms with van der Waals surface area (Å²) in [5.41, 5.74) is 0.119. The molecule has 0 heterocycles. The molecule has 0 saturated carbocycles. The summed E-state index contributed by atoms with van der Waals surface area (Å²) in [5, 5.41) is 11.8. The van der Waals surface area contributed by atoms with Gasteiger partial charge in [0.1, 0.15) is 17.5 Å². The van der Waals surface area contributed by atoms with Gasteiger partial charge in [-0.3, -0.25) is 10.1 Å². The maximum atomic E-state index is 13.9. The number of rotatable bonds is 5. The Balaban J connectivity index is 2.77. The monoisotopic (exact) mass is 306 g/mol. The fourth-order valence-electron chi connectivity index (χ4n) is 1.94. The molecule has 0 radical (unpaired) electrons. The molecule has 0 aliphatic heterocycles. The molecule has 1 N–H and O–H groups in total. The molecule has 0 unspecified atom stereocenters. The van der Waals surface area contributed by atoms with Gasteiger partial charge in [-0.05, 0) is 38.8 Å². The molecule has 0 amide bonds. The zero-order chi connectivity index (χ0) is 16.9. The molecule has 120 valence electrons. The lowest BCUT2D eigenvalue weighted by Gasteiger charge is -2.26. The van der Waals surface area contributed by atoms with Crippen molar-refractivity contribution in [2.24, 2.45) is 5.92 Å². The molecule has 0 spiro atoms. The maximum absolute atomic E-state index is 13.9. The van der Waals surface area contributed by atoms with Crippen molar-refractivity contribution >= 4 is 5.97 Å². The third kappa shape index (κ3) is 5.45. The summed E-state index contributed by atoms with van der Waals surface area (Å²) in [7, 11) is 0. The van der Waals surface area contributed by atoms with E-state index in [-0.39, 0.29) is 24.0 Å². The van der Waals surface area contributed by atoms with Gasteiger partial charge in [0, 0.05) is 12.1 Å². The van der Waals surface area contributed by atoms with Gasteiger partial charge in [-0.2, -0.15) is 5.26 Å². The van der Waals surface area contributed by atoms with E-state index in [2.05, 4.69) is 5.32 Å². The maximum Gasteiger partial charge on any atom is 0.323 e. The minimum absolute atomic E-state index is 0.0105. The molecule has 1 aromatic carbocycles. The third-order valence-corrected chi connectivity index (χ3v) is 3.02. The fraction of sp³-hybridized carbons (Fsp3) is 0.529.